The molecule has 0 spiro atoms. The second kappa shape index (κ2) is 8.46. The number of amides is 1. The van der Waals surface area contributed by atoms with E-state index < -0.39 is 13.9 Å². The van der Waals surface area contributed by atoms with Gasteiger partial charge in [0.2, 0.25) is 0 Å². The minimum absolute atomic E-state index is 0.296. The van der Waals surface area contributed by atoms with E-state index in [1.807, 2.05) is 60.7 Å². The highest BCUT2D eigenvalue weighted by Gasteiger charge is 2.21. The average molecular weight is 385 g/mol. The predicted molar refractivity (Wildman–Crippen MR) is 103 cm³/mol. The van der Waals surface area contributed by atoms with Crippen LogP contribution < -0.4 is 5.32 Å². The molecule has 6 nitrogen and oxygen atoms in total. The average Bonchev–Trinajstić information content (AvgIpc) is 2.66. The van der Waals surface area contributed by atoms with Crippen LogP contribution in [-0.4, -0.2) is 28.3 Å². The quantitative estimate of drug-likeness (QED) is 0.543. The lowest BCUT2D eigenvalue weighted by Gasteiger charge is -2.20. The zero-order valence-electron chi connectivity index (χ0n) is 14.5. The summed E-state index contributed by atoms with van der Waals surface area (Å²) >= 11 is 0. The summed E-state index contributed by atoms with van der Waals surface area (Å²) in [6.45, 7) is -0.296. The van der Waals surface area contributed by atoms with Crippen LogP contribution >= 0.6 is 7.82 Å². The first-order chi connectivity index (χ1) is 12.9. The minimum atomic E-state index is -4.63. The summed E-state index contributed by atoms with van der Waals surface area (Å²) in [5.41, 5.74) is 1.43. The smallest absolute Gasteiger partial charge is 0.347 e. The standard InChI is InChI=1S/C20H20NO5P/c22-20(19-12-6-10-16-9-4-5-11-18(16)19)21-17(14-26-27(23,24)25)13-15-7-2-1-3-8-15/h1-12,17H,13-14H2,(H,21,22)(H2,23,24,25). The third kappa shape index (κ3) is 5.49. The third-order valence-corrected chi connectivity index (χ3v) is 4.62. The van der Waals surface area contributed by atoms with Crippen LogP contribution in [-0.2, 0) is 15.5 Å². The highest BCUT2D eigenvalue weighted by atomic mass is 31.2. The Bertz CT molecular complexity index is 965. The third-order valence-electron chi connectivity index (χ3n) is 4.14. The maximum absolute atomic E-state index is 12.8. The SMILES string of the molecule is O=C(NC(COP(=O)(O)O)Cc1ccccc1)c1cccc2ccccc12. The number of benzene rings is 3. The maximum Gasteiger partial charge on any atom is 0.469 e. The zero-order valence-corrected chi connectivity index (χ0v) is 15.4. The molecule has 1 atom stereocenters. The molecule has 0 saturated carbocycles. The molecule has 0 aromatic heterocycles. The summed E-state index contributed by atoms with van der Waals surface area (Å²) < 4.78 is 15.7. The van der Waals surface area contributed by atoms with E-state index in [-0.39, 0.29) is 12.5 Å². The molecule has 0 heterocycles. The number of phosphoric acid groups is 1. The normalized spacial score (nSPS) is 12.7. The molecule has 1 unspecified atom stereocenters. The van der Waals surface area contributed by atoms with Crippen molar-refractivity contribution in [1.82, 2.24) is 5.32 Å². The number of nitrogens with one attached hydrogen (secondary N) is 1. The highest BCUT2D eigenvalue weighted by Crippen LogP contribution is 2.35. The molecule has 3 aromatic carbocycles. The van der Waals surface area contributed by atoms with E-state index in [9.17, 15) is 9.36 Å². The Morgan fingerprint density at radius 3 is 2.37 bits per heavy atom. The van der Waals surface area contributed by atoms with Gasteiger partial charge in [-0.15, -0.1) is 0 Å². The summed E-state index contributed by atoms with van der Waals surface area (Å²) in [7, 11) is -4.63. The fourth-order valence-electron chi connectivity index (χ4n) is 2.92. The topological polar surface area (TPSA) is 95.9 Å². The molecule has 0 aliphatic carbocycles. The lowest BCUT2D eigenvalue weighted by Crippen LogP contribution is -2.39. The molecule has 3 rings (SSSR count). The van der Waals surface area contributed by atoms with Crippen LogP contribution in [0.1, 0.15) is 15.9 Å². The van der Waals surface area contributed by atoms with Crippen LogP contribution in [0.25, 0.3) is 10.8 Å². The molecule has 0 aliphatic heterocycles. The summed E-state index contributed by atoms with van der Waals surface area (Å²) in [4.78, 5) is 30.8. The first-order valence-electron chi connectivity index (χ1n) is 8.45. The van der Waals surface area contributed by atoms with Gasteiger partial charge in [0.25, 0.3) is 5.91 Å². The predicted octanol–water partition coefficient (Wildman–Crippen LogP) is 3.29. The Kier molecular flexibility index (Phi) is 6.04. The van der Waals surface area contributed by atoms with Gasteiger partial charge in [0.1, 0.15) is 0 Å². The summed E-state index contributed by atoms with van der Waals surface area (Å²) in [5.74, 6) is -0.318. The van der Waals surface area contributed by atoms with Crippen molar-refractivity contribution >= 4 is 24.5 Å². The molecule has 0 aliphatic rings. The highest BCUT2D eigenvalue weighted by molar-refractivity contribution is 7.46. The largest absolute Gasteiger partial charge is 0.469 e. The lowest BCUT2D eigenvalue weighted by atomic mass is 10.0. The van der Waals surface area contributed by atoms with E-state index in [1.54, 1.807) is 12.1 Å². The Morgan fingerprint density at radius 2 is 1.63 bits per heavy atom. The van der Waals surface area contributed by atoms with Crippen LogP contribution in [0.4, 0.5) is 0 Å². The minimum Gasteiger partial charge on any atom is -0.347 e. The molecule has 3 N–H and O–H groups in total. The van der Waals surface area contributed by atoms with Gasteiger partial charge in [-0.05, 0) is 28.8 Å². The van der Waals surface area contributed by atoms with Gasteiger partial charge >= 0.3 is 7.82 Å². The van der Waals surface area contributed by atoms with Gasteiger partial charge in [0, 0.05) is 5.56 Å². The monoisotopic (exact) mass is 385 g/mol. The van der Waals surface area contributed by atoms with Gasteiger partial charge in [-0.1, -0.05) is 66.7 Å². The van der Waals surface area contributed by atoms with E-state index in [1.165, 1.54) is 0 Å². The van der Waals surface area contributed by atoms with Gasteiger partial charge in [0.05, 0.1) is 12.6 Å². The summed E-state index contributed by atoms with van der Waals surface area (Å²) in [5, 5.41) is 4.59. The number of phosphoric ester groups is 1. The van der Waals surface area contributed by atoms with Crippen LogP contribution in [0.3, 0.4) is 0 Å². The van der Waals surface area contributed by atoms with Crippen LogP contribution in [0.15, 0.2) is 72.8 Å². The molecule has 7 heteroatoms. The van der Waals surface area contributed by atoms with Crippen molar-refractivity contribution in [2.45, 2.75) is 12.5 Å². The summed E-state index contributed by atoms with van der Waals surface area (Å²) in [6.07, 6.45) is 0.386. The Morgan fingerprint density at radius 1 is 0.963 bits per heavy atom. The molecule has 1 amide bonds. The van der Waals surface area contributed by atoms with Crippen molar-refractivity contribution in [1.29, 1.82) is 0 Å². The zero-order chi connectivity index (χ0) is 19.3. The second-order valence-corrected chi connectivity index (χ2v) is 7.41. The molecular weight excluding hydrogens is 365 g/mol. The van der Waals surface area contributed by atoms with Gasteiger partial charge < -0.3 is 15.1 Å². The fraction of sp³-hybridized carbons (Fsp3) is 0.150. The van der Waals surface area contributed by atoms with E-state index in [2.05, 4.69) is 9.84 Å². The number of carbonyl (C=O) groups is 1. The molecule has 0 fully saturated rings. The maximum atomic E-state index is 12.8. The van der Waals surface area contributed by atoms with Crippen LogP contribution in [0, 0.1) is 0 Å². The molecule has 0 bridgehead atoms. The van der Waals surface area contributed by atoms with Crippen molar-refractivity contribution in [2.75, 3.05) is 6.61 Å². The van der Waals surface area contributed by atoms with Gasteiger partial charge in [-0.25, -0.2) is 4.57 Å². The summed E-state index contributed by atoms with van der Waals surface area (Å²) in [6, 6.07) is 21.8. The number of hydrogen-bond donors (Lipinski definition) is 3. The first kappa shape index (κ1) is 19.3. The van der Waals surface area contributed by atoms with Crippen LogP contribution in [0.2, 0.25) is 0 Å². The Balaban J connectivity index is 1.81. The Labute approximate surface area is 157 Å². The van der Waals surface area contributed by atoms with Crippen molar-refractivity contribution in [2.24, 2.45) is 0 Å². The van der Waals surface area contributed by atoms with Gasteiger partial charge in [0.15, 0.2) is 0 Å². The number of rotatable bonds is 7. The van der Waals surface area contributed by atoms with E-state index in [0.717, 1.165) is 16.3 Å². The lowest BCUT2D eigenvalue weighted by molar-refractivity contribution is 0.0911. The molecule has 0 saturated heterocycles. The number of fused-ring (bicyclic) bond motifs is 1. The van der Waals surface area contributed by atoms with Gasteiger partial charge in [-0.3, -0.25) is 9.32 Å². The van der Waals surface area contributed by atoms with Crippen molar-refractivity contribution in [3.63, 3.8) is 0 Å². The van der Waals surface area contributed by atoms with Crippen molar-refractivity contribution < 1.29 is 23.7 Å². The molecule has 3 aromatic rings. The van der Waals surface area contributed by atoms with Crippen LogP contribution in [0.5, 0.6) is 0 Å². The molecule has 27 heavy (non-hydrogen) atoms. The molecular formula is C20H20NO5P. The van der Waals surface area contributed by atoms with E-state index in [4.69, 9.17) is 9.79 Å². The Hall–Kier alpha value is -2.50. The first-order valence-corrected chi connectivity index (χ1v) is 9.98. The number of hydrogen-bond acceptors (Lipinski definition) is 3. The van der Waals surface area contributed by atoms with Crippen molar-refractivity contribution in [3.05, 3.63) is 83.9 Å². The fourth-order valence-corrected chi connectivity index (χ4v) is 3.30. The molecule has 140 valence electrons. The van der Waals surface area contributed by atoms with E-state index >= 15 is 0 Å². The van der Waals surface area contributed by atoms with E-state index in [0.29, 0.717) is 12.0 Å². The molecule has 0 radical (unpaired) electrons. The van der Waals surface area contributed by atoms with Gasteiger partial charge in [-0.2, -0.15) is 0 Å². The van der Waals surface area contributed by atoms with Crippen molar-refractivity contribution in [3.8, 4) is 0 Å². The number of carbonyl (C=O) groups excluding carboxylic acids is 1. The second-order valence-electron chi connectivity index (χ2n) is 6.17.